The number of aliphatic carboxylic acids is 1. The standard InChI is InChI=1S/C18H21NO6/c1-9-7-13(24-12(4)17(22)19-6-5-15(20)21)16-10(2)11(3)18(23)25-14(16)8-9/h7-8,12H,5-6H2,1-4H3,(H,19,22)(H,20,21)/t12-/m1/s1. The number of ether oxygens (including phenoxy) is 1. The molecule has 0 unspecified atom stereocenters. The molecule has 1 heterocycles. The molecular weight excluding hydrogens is 326 g/mol. The third kappa shape index (κ3) is 4.17. The van der Waals surface area contributed by atoms with Gasteiger partial charge in [-0.25, -0.2) is 4.79 Å². The lowest BCUT2D eigenvalue weighted by molar-refractivity contribution is -0.137. The van der Waals surface area contributed by atoms with Crippen LogP contribution in [-0.4, -0.2) is 29.6 Å². The molecular formula is C18H21NO6. The van der Waals surface area contributed by atoms with E-state index in [1.54, 1.807) is 32.9 Å². The number of carbonyl (C=O) groups is 2. The molecule has 0 radical (unpaired) electrons. The van der Waals surface area contributed by atoms with Crippen molar-refractivity contribution in [2.45, 2.75) is 40.2 Å². The first-order valence-corrected chi connectivity index (χ1v) is 7.91. The predicted molar refractivity (Wildman–Crippen MR) is 92.0 cm³/mol. The molecule has 0 fully saturated rings. The van der Waals surface area contributed by atoms with Crippen molar-refractivity contribution >= 4 is 22.8 Å². The first kappa shape index (κ1) is 18.5. The molecule has 0 saturated carbocycles. The molecule has 134 valence electrons. The minimum absolute atomic E-state index is 0.0312. The number of benzene rings is 1. The molecule has 1 amide bonds. The summed E-state index contributed by atoms with van der Waals surface area (Å²) in [6.45, 7) is 6.91. The van der Waals surface area contributed by atoms with Crippen LogP contribution in [0.3, 0.4) is 0 Å². The quantitative estimate of drug-likeness (QED) is 0.775. The smallest absolute Gasteiger partial charge is 0.339 e. The van der Waals surface area contributed by atoms with E-state index in [2.05, 4.69) is 5.32 Å². The number of carboxylic acid groups (broad SMARTS) is 1. The van der Waals surface area contributed by atoms with E-state index in [1.807, 2.05) is 6.92 Å². The number of hydrogen-bond acceptors (Lipinski definition) is 5. The second kappa shape index (κ2) is 7.38. The average molecular weight is 347 g/mol. The molecule has 0 aliphatic rings. The lowest BCUT2D eigenvalue weighted by Gasteiger charge is -2.17. The lowest BCUT2D eigenvalue weighted by atomic mass is 10.0. The van der Waals surface area contributed by atoms with Gasteiger partial charge in [0.05, 0.1) is 11.8 Å². The number of carboxylic acids is 1. The summed E-state index contributed by atoms with van der Waals surface area (Å²) in [7, 11) is 0. The molecule has 1 atom stereocenters. The minimum atomic E-state index is -0.986. The Balaban J connectivity index is 2.31. The van der Waals surface area contributed by atoms with Crippen LogP contribution in [0.15, 0.2) is 21.3 Å². The maximum atomic E-state index is 12.1. The van der Waals surface area contributed by atoms with Crippen molar-refractivity contribution in [2.75, 3.05) is 6.54 Å². The molecule has 0 spiro atoms. The van der Waals surface area contributed by atoms with Gasteiger partial charge in [0, 0.05) is 12.1 Å². The van der Waals surface area contributed by atoms with Crippen LogP contribution in [0.2, 0.25) is 0 Å². The molecule has 2 rings (SSSR count). The van der Waals surface area contributed by atoms with Crippen molar-refractivity contribution in [1.82, 2.24) is 5.32 Å². The Bertz CT molecular complexity index is 883. The highest BCUT2D eigenvalue weighted by atomic mass is 16.5. The molecule has 0 aliphatic carbocycles. The van der Waals surface area contributed by atoms with Crippen molar-refractivity contribution in [3.8, 4) is 5.75 Å². The molecule has 2 N–H and O–H groups in total. The number of amides is 1. The van der Waals surface area contributed by atoms with Gasteiger partial charge in [0.1, 0.15) is 11.3 Å². The summed E-state index contributed by atoms with van der Waals surface area (Å²) in [5.41, 5.74) is 2.05. The van der Waals surface area contributed by atoms with Gasteiger partial charge in [-0.2, -0.15) is 0 Å². The molecule has 0 bridgehead atoms. The number of nitrogens with one attached hydrogen (secondary N) is 1. The van der Waals surface area contributed by atoms with Gasteiger partial charge in [-0.15, -0.1) is 0 Å². The van der Waals surface area contributed by atoms with Crippen LogP contribution < -0.4 is 15.7 Å². The number of fused-ring (bicyclic) bond motifs is 1. The normalized spacial score (nSPS) is 12.0. The summed E-state index contributed by atoms with van der Waals surface area (Å²) in [6.07, 6.45) is -0.986. The predicted octanol–water partition coefficient (Wildman–Crippen LogP) is 2.08. The van der Waals surface area contributed by atoms with Gasteiger partial charge >= 0.3 is 11.6 Å². The lowest BCUT2D eigenvalue weighted by Crippen LogP contribution is -2.37. The molecule has 1 aromatic carbocycles. The Morgan fingerprint density at radius 2 is 1.92 bits per heavy atom. The van der Waals surface area contributed by atoms with Crippen LogP contribution >= 0.6 is 0 Å². The van der Waals surface area contributed by atoms with Gasteiger partial charge in [0.2, 0.25) is 0 Å². The van der Waals surface area contributed by atoms with Gasteiger partial charge in [0.15, 0.2) is 6.10 Å². The van der Waals surface area contributed by atoms with Crippen molar-refractivity contribution in [3.05, 3.63) is 39.2 Å². The van der Waals surface area contributed by atoms with E-state index in [9.17, 15) is 14.4 Å². The zero-order valence-electron chi connectivity index (χ0n) is 14.6. The van der Waals surface area contributed by atoms with Gasteiger partial charge in [-0.05, 0) is 51.0 Å². The molecule has 0 saturated heterocycles. The second-order valence-electron chi connectivity index (χ2n) is 5.97. The average Bonchev–Trinajstić information content (AvgIpc) is 2.51. The highest BCUT2D eigenvalue weighted by Gasteiger charge is 2.19. The van der Waals surface area contributed by atoms with Crippen LogP contribution in [0.4, 0.5) is 0 Å². The Morgan fingerprint density at radius 3 is 2.56 bits per heavy atom. The maximum Gasteiger partial charge on any atom is 0.339 e. The van der Waals surface area contributed by atoms with Crippen molar-refractivity contribution in [3.63, 3.8) is 0 Å². The van der Waals surface area contributed by atoms with Gasteiger partial charge in [-0.1, -0.05) is 0 Å². The first-order chi connectivity index (χ1) is 11.7. The second-order valence-corrected chi connectivity index (χ2v) is 5.97. The number of hydrogen-bond donors (Lipinski definition) is 2. The van der Waals surface area contributed by atoms with Crippen molar-refractivity contribution in [1.29, 1.82) is 0 Å². The number of rotatable bonds is 6. The summed E-state index contributed by atoms with van der Waals surface area (Å²) in [5.74, 6) is -0.956. The molecule has 2 aromatic rings. The summed E-state index contributed by atoms with van der Waals surface area (Å²) in [4.78, 5) is 34.4. The van der Waals surface area contributed by atoms with Gasteiger partial charge in [-0.3, -0.25) is 9.59 Å². The van der Waals surface area contributed by atoms with Crippen molar-refractivity contribution < 1.29 is 23.8 Å². The zero-order chi connectivity index (χ0) is 18.7. The van der Waals surface area contributed by atoms with Gasteiger partial charge < -0.3 is 19.6 Å². The maximum absolute atomic E-state index is 12.1. The van der Waals surface area contributed by atoms with Crippen molar-refractivity contribution in [2.24, 2.45) is 0 Å². The largest absolute Gasteiger partial charge is 0.481 e. The topological polar surface area (TPSA) is 106 Å². The fraction of sp³-hybridized carbons (Fsp3) is 0.389. The Labute approximate surface area is 144 Å². The highest BCUT2D eigenvalue weighted by Crippen LogP contribution is 2.31. The Morgan fingerprint density at radius 1 is 1.24 bits per heavy atom. The monoisotopic (exact) mass is 347 g/mol. The highest BCUT2D eigenvalue weighted by molar-refractivity contribution is 5.89. The Hall–Kier alpha value is -2.83. The fourth-order valence-electron chi connectivity index (χ4n) is 2.46. The number of carbonyl (C=O) groups excluding carboxylic acids is 1. The SMILES string of the molecule is Cc1cc(O[C@H](C)C(=O)NCCC(=O)O)c2c(C)c(C)c(=O)oc2c1. The third-order valence-electron chi connectivity index (χ3n) is 3.97. The van der Waals surface area contributed by atoms with Gasteiger partial charge in [0.25, 0.3) is 5.91 Å². The zero-order valence-corrected chi connectivity index (χ0v) is 14.6. The summed E-state index contributed by atoms with van der Waals surface area (Å²) >= 11 is 0. The van der Waals surface area contributed by atoms with Crippen LogP contribution in [0.5, 0.6) is 5.75 Å². The summed E-state index contributed by atoms with van der Waals surface area (Å²) < 4.78 is 11.1. The third-order valence-corrected chi connectivity index (χ3v) is 3.97. The molecule has 7 nitrogen and oxygen atoms in total. The van der Waals surface area contributed by atoms with Crippen LogP contribution in [0.25, 0.3) is 11.0 Å². The molecule has 25 heavy (non-hydrogen) atoms. The van der Waals surface area contributed by atoms with Crippen LogP contribution in [-0.2, 0) is 9.59 Å². The van der Waals surface area contributed by atoms with E-state index in [-0.39, 0.29) is 13.0 Å². The first-order valence-electron chi connectivity index (χ1n) is 7.91. The summed E-state index contributed by atoms with van der Waals surface area (Å²) in [5, 5.41) is 11.8. The van der Waals surface area contributed by atoms with E-state index >= 15 is 0 Å². The summed E-state index contributed by atoms with van der Waals surface area (Å²) in [6, 6.07) is 3.52. The minimum Gasteiger partial charge on any atom is -0.481 e. The van der Waals surface area contributed by atoms with E-state index < -0.39 is 23.6 Å². The Kier molecular flexibility index (Phi) is 5.46. The van der Waals surface area contributed by atoms with E-state index in [0.717, 1.165) is 11.1 Å². The molecule has 0 aliphatic heterocycles. The fourth-order valence-corrected chi connectivity index (χ4v) is 2.46. The molecule has 7 heteroatoms. The van der Waals surface area contributed by atoms with Crippen LogP contribution in [0, 0.1) is 20.8 Å². The molecule has 1 aromatic heterocycles. The van der Waals surface area contributed by atoms with E-state index in [4.69, 9.17) is 14.3 Å². The van der Waals surface area contributed by atoms with E-state index in [0.29, 0.717) is 22.3 Å². The number of aryl methyl sites for hydroxylation is 2. The van der Waals surface area contributed by atoms with E-state index in [1.165, 1.54) is 0 Å². The van der Waals surface area contributed by atoms with Crippen LogP contribution in [0.1, 0.15) is 30.0 Å².